The highest BCUT2D eigenvalue weighted by Gasteiger charge is 2.52. The van der Waals surface area contributed by atoms with Crippen molar-refractivity contribution in [2.45, 2.75) is 51.4 Å². The molecule has 2 heterocycles. The van der Waals surface area contributed by atoms with Gasteiger partial charge in [-0.25, -0.2) is 8.78 Å². The number of ether oxygens (including phenoxy) is 2. The van der Waals surface area contributed by atoms with Crippen LogP contribution < -0.4 is 10.2 Å². The Bertz CT molecular complexity index is 564. The minimum atomic E-state index is -0.812. The zero-order valence-corrected chi connectivity index (χ0v) is 15.3. The van der Waals surface area contributed by atoms with Gasteiger partial charge < -0.3 is 23.9 Å². The van der Waals surface area contributed by atoms with Gasteiger partial charge in [0.2, 0.25) is 0 Å². The number of benzene rings is 1. The Hall–Kier alpha value is -1.22. The molecule has 0 aromatic heterocycles. The molecule has 1 aromatic rings. The van der Waals surface area contributed by atoms with Crippen LogP contribution in [0.3, 0.4) is 0 Å². The minimum absolute atomic E-state index is 0.300. The Morgan fingerprint density at radius 1 is 1.08 bits per heavy atom. The van der Waals surface area contributed by atoms with Crippen LogP contribution in [-0.4, -0.2) is 49.9 Å². The Balaban J connectivity index is 0.00000109. The largest absolute Gasteiger partial charge is 0.495 e. The summed E-state index contributed by atoms with van der Waals surface area (Å²) in [5.41, 5.74) is -0.837. The summed E-state index contributed by atoms with van der Waals surface area (Å²) in [7, 11) is 0.188. The monoisotopic (exact) mass is 358 g/mol. The molecule has 1 N–H and O–H groups in total. The Labute approximate surface area is 147 Å². The molecule has 2 aliphatic rings. The second-order valence-corrected chi connectivity index (χ2v) is 7.01. The molecule has 1 unspecified atom stereocenters. The summed E-state index contributed by atoms with van der Waals surface area (Å²) in [5.74, 6) is -1.90. The number of hydrogen-bond donors (Lipinski definition) is 1. The third kappa shape index (κ3) is 4.14. The zero-order chi connectivity index (χ0) is 18.8. The second-order valence-electron chi connectivity index (χ2n) is 7.01. The van der Waals surface area contributed by atoms with E-state index >= 15 is 0 Å². The molecular formula is C17H25BF2O5. The maximum absolute atomic E-state index is 14.3. The van der Waals surface area contributed by atoms with Gasteiger partial charge in [-0.05, 0) is 45.3 Å². The lowest BCUT2D eigenvalue weighted by Gasteiger charge is -2.32. The van der Waals surface area contributed by atoms with Crippen molar-refractivity contribution in [2.24, 2.45) is 0 Å². The van der Waals surface area contributed by atoms with Crippen LogP contribution in [0.5, 0.6) is 5.75 Å². The molecule has 140 valence electrons. The van der Waals surface area contributed by atoms with Crippen molar-refractivity contribution in [2.75, 3.05) is 20.3 Å². The SMILES string of the molecule is CC1(C)OB(c2cc(F)c(OC3CCOC3)c(F)c2)OC1(C)C.CO. The maximum atomic E-state index is 14.3. The molecule has 5 nitrogen and oxygen atoms in total. The standard InChI is InChI=1S/C16H21BF2O4.CH4O/c1-15(2)16(3,4)23-17(22-15)10-7-12(18)14(13(19)8-10)21-11-5-6-20-9-11;1-2/h7-8,11H,5-6,9H2,1-4H3;2H,1H3. The van der Waals surface area contributed by atoms with Crippen molar-refractivity contribution < 1.29 is 32.7 Å². The molecule has 2 saturated heterocycles. The van der Waals surface area contributed by atoms with E-state index in [-0.39, 0.29) is 11.9 Å². The van der Waals surface area contributed by atoms with Crippen molar-refractivity contribution in [3.05, 3.63) is 23.8 Å². The smallest absolute Gasteiger partial charge is 0.482 e. The van der Waals surface area contributed by atoms with Crippen LogP contribution in [0.15, 0.2) is 12.1 Å². The average Bonchev–Trinajstić information content (AvgIpc) is 3.11. The topological polar surface area (TPSA) is 57.2 Å². The van der Waals surface area contributed by atoms with Gasteiger partial charge in [-0.3, -0.25) is 0 Å². The van der Waals surface area contributed by atoms with Crippen LogP contribution >= 0.6 is 0 Å². The molecule has 1 aromatic carbocycles. The van der Waals surface area contributed by atoms with E-state index in [4.69, 9.17) is 23.9 Å². The van der Waals surface area contributed by atoms with E-state index in [1.807, 2.05) is 27.7 Å². The van der Waals surface area contributed by atoms with Crippen LogP contribution in [0.2, 0.25) is 0 Å². The van der Waals surface area contributed by atoms with Crippen LogP contribution in [0, 0.1) is 11.6 Å². The van der Waals surface area contributed by atoms with Crippen molar-refractivity contribution in [1.29, 1.82) is 0 Å². The van der Waals surface area contributed by atoms with Gasteiger partial charge in [-0.2, -0.15) is 0 Å². The second kappa shape index (κ2) is 7.57. The fraction of sp³-hybridized carbons (Fsp3) is 0.647. The third-order valence-corrected chi connectivity index (χ3v) is 4.72. The van der Waals surface area contributed by atoms with Crippen molar-refractivity contribution in [3.63, 3.8) is 0 Å². The fourth-order valence-electron chi connectivity index (χ4n) is 2.58. The van der Waals surface area contributed by atoms with Gasteiger partial charge in [0.1, 0.15) is 6.10 Å². The molecule has 25 heavy (non-hydrogen) atoms. The van der Waals surface area contributed by atoms with Gasteiger partial charge in [-0.15, -0.1) is 0 Å². The van der Waals surface area contributed by atoms with Crippen LogP contribution in [0.25, 0.3) is 0 Å². The summed E-state index contributed by atoms with van der Waals surface area (Å²) in [4.78, 5) is 0. The van der Waals surface area contributed by atoms with E-state index in [0.29, 0.717) is 25.1 Å². The van der Waals surface area contributed by atoms with E-state index in [1.165, 1.54) is 12.1 Å². The minimum Gasteiger partial charge on any atom is -0.482 e. The highest BCUT2D eigenvalue weighted by atomic mass is 19.1. The first-order chi connectivity index (χ1) is 11.7. The molecule has 0 spiro atoms. The van der Waals surface area contributed by atoms with Crippen LogP contribution in [-0.2, 0) is 14.0 Å². The summed E-state index contributed by atoms with van der Waals surface area (Å²) >= 11 is 0. The first-order valence-electron chi connectivity index (χ1n) is 8.23. The van der Waals surface area contributed by atoms with Crippen LogP contribution in [0.4, 0.5) is 8.78 Å². The van der Waals surface area contributed by atoms with Crippen molar-refractivity contribution in [1.82, 2.24) is 0 Å². The summed E-state index contributed by atoms with van der Waals surface area (Å²) in [5, 5.41) is 7.00. The molecule has 3 rings (SSSR count). The van der Waals surface area contributed by atoms with Gasteiger partial charge in [0.05, 0.1) is 24.4 Å². The lowest BCUT2D eigenvalue weighted by Crippen LogP contribution is -2.41. The van der Waals surface area contributed by atoms with Gasteiger partial charge >= 0.3 is 7.12 Å². The van der Waals surface area contributed by atoms with E-state index in [1.54, 1.807) is 0 Å². The first-order valence-corrected chi connectivity index (χ1v) is 8.23. The molecule has 0 aliphatic carbocycles. The highest BCUT2D eigenvalue weighted by Crippen LogP contribution is 2.37. The van der Waals surface area contributed by atoms with Gasteiger partial charge in [0.15, 0.2) is 17.4 Å². The summed E-state index contributed by atoms with van der Waals surface area (Å²) in [6.45, 7) is 8.43. The zero-order valence-electron chi connectivity index (χ0n) is 15.3. The lowest BCUT2D eigenvalue weighted by atomic mass is 9.79. The predicted molar refractivity (Wildman–Crippen MR) is 90.1 cm³/mol. The Morgan fingerprint density at radius 3 is 2.04 bits per heavy atom. The molecular weight excluding hydrogens is 333 g/mol. The number of aliphatic hydroxyl groups is 1. The average molecular weight is 358 g/mol. The highest BCUT2D eigenvalue weighted by molar-refractivity contribution is 6.62. The maximum Gasteiger partial charge on any atom is 0.495 e. The van der Waals surface area contributed by atoms with Gasteiger partial charge in [-0.1, -0.05) is 0 Å². The van der Waals surface area contributed by atoms with Crippen LogP contribution in [0.1, 0.15) is 34.1 Å². The molecule has 0 radical (unpaired) electrons. The van der Waals surface area contributed by atoms with E-state index in [2.05, 4.69) is 0 Å². The summed E-state index contributed by atoms with van der Waals surface area (Å²) in [6, 6.07) is 2.41. The quantitative estimate of drug-likeness (QED) is 0.839. The molecule has 0 bridgehead atoms. The number of rotatable bonds is 3. The number of hydrogen-bond acceptors (Lipinski definition) is 5. The number of halogens is 2. The summed E-state index contributed by atoms with van der Waals surface area (Å²) in [6.07, 6.45) is 0.305. The molecule has 2 aliphatic heterocycles. The molecule has 2 fully saturated rings. The molecule has 0 amide bonds. The Morgan fingerprint density at radius 2 is 1.60 bits per heavy atom. The van der Waals surface area contributed by atoms with E-state index < -0.39 is 30.0 Å². The summed E-state index contributed by atoms with van der Waals surface area (Å²) < 4.78 is 50.7. The molecule has 1 atom stereocenters. The number of aliphatic hydroxyl groups excluding tert-OH is 1. The lowest BCUT2D eigenvalue weighted by molar-refractivity contribution is 0.00578. The van der Waals surface area contributed by atoms with E-state index in [0.717, 1.165) is 7.11 Å². The first kappa shape index (κ1) is 20.1. The van der Waals surface area contributed by atoms with Gasteiger partial charge in [0, 0.05) is 13.5 Å². The van der Waals surface area contributed by atoms with Crippen molar-refractivity contribution >= 4 is 12.6 Å². The Kier molecular flexibility index (Phi) is 6.09. The van der Waals surface area contributed by atoms with E-state index in [9.17, 15) is 8.78 Å². The van der Waals surface area contributed by atoms with Gasteiger partial charge in [0.25, 0.3) is 0 Å². The van der Waals surface area contributed by atoms with Crippen molar-refractivity contribution in [3.8, 4) is 5.75 Å². The predicted octanol–water partition coefficient (Wildman–Crippen LogP) is 2.04. The fourth-order valence-corrected chi connectivity index (χ4v) is 2.58. The molecule has 8 heteroatoms. The molecule has 0 saturated carbocycles. The normalized spacial score (nSPS) is 24.0. The third-order valence-electron chi connectivity index (χ3n) is 4.72.